The van der Waals surface area contributed by atoms with Crippen molar-refractivity contribution in [3.05, 3.63) is 0 Å². The van der Waals surface area contributed by atoms with E-state index in [0.717, 1.165) is 44.9 Å². The minimum atomic E-state index is -0.246. The van der Waals surface area contributed by atoms with Crippen LogP contribution in [-0.4, -0.2) is 22.4 Å². The van der Waals surface area contributed by atoms with Crippen LogP contribution >= 0.6 is 0 Å². The monoisotopic (exact) mass is 464 g/mol. The molecule has 0 saturated heterocycles. The first-order valence-electron chi connectivity index (χ1n) is 14.1. The van der Waals surface area contributed by atoms with Gasteiger partial charge in [0.2, 0.25) is 0 Å². The summed E-state index contributed by atoms with van der Waals surface area (Å²) < 4.78 is 0. The molecule has 8 atom stereocenters. The highest BCUT2D eigenvalue weighted by Gasteiger charge is 2.48. The molecule has 0 radical (unpaired) electrons. The predicted molar refractivity (Wildman–Crippen MR) is 143 cm³/mol. The van der Waals surface area contributed by atoms with Crippen LogP contribution in [0.4, 0.5) is 0 Å². The summed E-state index contributed by atoms with van der Waals surface area (Å²) >= 11 is 0. The minimum Gasteiger partial charge on any atom is -0.393 e. The quantitative estimate of drug-likeness (QED) is 0.414. The molecule has 2 saturated carbocycles. The van der Waals surface area contributed by atoms with Crippen LogP contribution in [0.2, 0.25) is 0 Å². The van der Waals surface area contributed by atoms with Crippen molar-refractivity contribution in [3.63, 3.8) is 0 Å². The molecule has 8 unspecified atom stereocenters. The van der Waals surface area contributed by atoms with Crippen molar-refractivity contribution in [1.29, 1.82) is 0 Å². The molecule has 2 N–H and O–H groups in total. The number of aliphatic hydroxyl groups is 2. The Kier molecular flexibility index (Phi) is 8.94. The van der Waals surface area contributed by atoms with E-state index in [-0.39, 0.29) is 33.9 Å². The molecule has 2 rings (SSSR count). The third-order valence-electron chi connectivity index (χ3n) is 9.10. The second kappa shape index (κ2) is 10.1. The number of rotatable bonds is 6. The lowest BCUT2D eigenvalue weighted by Gasteiger charge is -2.51. The lowest BCUT2D eigenvalue weighted by atomic mass is 9.56. The second-order valence-corrected chi connectivity index (χ2v) is 16.6. The van der Waals surface area contributed by atoms with Crippen LogP contribution in [0.3, 0.4) is 0 Å². The molecule has 0 heterocycles. The van der Waals surface area contributed by atoms with E-state index in [4.69, 9.17) is 0 Å². The Morgan fingerprint density at radius 3 is 1.12 bits per heavy atom. The van der Waals surface area contributed by atoms with Gasteiger partial charge in [0.05, 0.1) is 12.2 Å². The fraction of sp³-hybridized carbons (Fsp3) is 1.00. The molecule has 196 valence electrons. The van der Waals surface area contributed by atoms with Gasteiger partial charge in [-0.1, -0.05) is 83.1 Å². The van der Waals surface area contributed by atoms with Crippen LogP contribution in [0.25, 0.3) is 0 Å². The third kappa shape index (κ3) is 7.96. The maximum atomic E-state index is 11.7. The molecule has 0 aliphatic heterocycles. The van der Waals surface area contributed by atoms with Crippen molar-refractivity contribution >= 4 is 0 Å². The Bertz CT molecular complexity index is 566. The van der Waals surface area contributed by atoms with Crippen molar-refractivity contribution < 1.29 is 10.2 Å². The van der Waals surface area contributed by atoms with Gasteiger partial charge in [0.15, 0.2) is 0 Å². The standard InChI is InChI=1S/C31H60O2/c1-20-13-22(26(32)24(15-20)30(9,10)18-28(3,4)5)17-23-14-21(2)16-25(27(23)33)31(11,12)19-29(6,7)8/h20-27,32-33H,13-19H2,1-12H3. The van der Waals surface area contributed by atoms with Gasteiger partial charge in [0.25, 0.3) is 0 Å². The molecule has 0 aromatic rings. The first kappa shape index (κ1) is 29.2. The summed E-state index contributed by atoms with van der Waals surface area (Å²) in [7, 11) is 0. The molecule has 0 amide bonds. The number of hydrogen-bond donors (Lipinski definition) is 2. The summed E-state index contributed by atoms with van der Waals surface area (Å²) in [5, 5.41) is 23.3. The average Bonchev–Trinajstić information content (AvgIpc) is 2.56. The van der Waals surface area contributed by atoms with Gasteiger partial charge >= 0.3 is 0 Å². The van der Waals surface area contributed by atoms with Gasteiger partial charge in [0, 0.05) is 0 Å². The van der Waals surface area contributed by atoms with Crippen LogP contribution in [0.5, 0.6) is 0 Å². The highest BCUT2D eigenvalue weighted by Crippen LogP contribution is 2.52. The van der Waals surface area contributed by atoms with Crippen LogP contribution < -0.4 is 0 Å². The summed E-state index contributed by atoms with van der Waals surface area (Å²) in [4.78, 5) is 0. The molecule has 2 heteroatoms. The highest BCUT2D eigenvalue weighted by molar-refractivity contribution is 4.98. The molecule has 2 fully saturated rings. The Labute approximate surface area is 207 Å². The third-order valence-corrected chi connectivity index (χ3v) is 9.10. The van der Waals surface area contributed by atoms with Crippen molar-refractivity contribution in [2.75, 3.05) is 0 Å². The molecule has 2 nitrogen and oxygen atoms in total. The largest absolute Gasteiger partial charge is 0.393 e. The first-order chi connectivity index (χ1) is 14.7. The van der Waals surface area contributed by atoms with E-state index < -0.39 is 0 Å². The number of hydrogen-bond acceptors (Lipinski definition) is 2. The minimum absolute atomic E-state index is 0.125. The van der Waals surface area contributed by atoms with Crippen LogP contribution in [0.15, 0.2) is 0 Å². The fourth-order valence-corrected chi connectivity index (χ4v) is 8.73. The zero-order chi connectivity index (χ0) is 25.6. The topological polar surface area (TPSA) is 40.5 Å². The van der Waals surface area contributed by atoms with Crippen molar-refractivity contribution in [1.82, 2.24) is 0 Å². The van der Waals surface area contributed by atoms with Gasteiger partial charge in [-0.05, 0) is 102 Å². The van der Waals surface area contributed by atoms with E-state index in [1.54, 1.807) is 0 Å². The van der Waals surface area contributed by atoms with Gasteiger partial charge in [-0.25, -0.2) is 0 Å². The Morgan fingerprint density at radius 2 is 0.848 bits per heavy atom. The molecule has 2 aliphatic rings. The van der Waals surface area contributed by atoms with E-state index >= 15 is 0 Å². The lowest BCUT2D eigenvalue weighted by Crippen LogP contribution is -2.49. The molecule has 0 aromatic heterocycles. The van der Waals surface area contributed by atoms with Crippen LogP contribution in [0, 0.1) is 57.2 Å². The summed E-state index contributed by atoms with van der Waals surface area (Å²) in [6.07, 6.45) is 7.24. The Hall–Kier alpha value is -0.0800. The van der Waals surface area contributed by atoms with Gasteiger partial charge in [0.1, 0.15) is 0 Å². The van der Waals surface area contributed by atoms with E-state index in [0.29, 0.717) is 35.5 Å². The maximum Gasteiger partial charge on any atom is 0.0601 e. The molecular formula is C31H60O2. The number of aliphatic hydroxyl groups excluding tert-OH is 2. The van der Waals surface area contributed by atoms with Gasteiger partial charge in [-0.3, -0.25) is 0 Å². The summed E-state index contributed by atoms with van der Waals surface area (Å²) in [6, 6.07) is 0. The fourth-order valence-electron chi connectivity index (χ4n) is 8.73. The Balaban J connectivity index is 2.20. The predicted octanol–water partition coefficient (Wildman–Crippen LogP) is 8.35. The average molecular weight is 465 g/mol. The Morgan fingerprint density at radius 1 is 0.545 bits per heavy atom. The zero-order valence-corrected chi connectivity index (χ0v) is 24.5. The molecular weight excluding hydrogens is 404 g/mol. The van der Waals surface area contributed by atoms with Gasteiger partial charge < -0.3 is 10.2 Å². The van der Waals surface area contributed by atoms with Crippen molar-refractivity contribution in [3.8, 4) is 0 Å². The van der Waals surface area contributed by atoms with Crippen LogP contribution in [-0.2, 0) is 0 Å². The second-order valence-electron chi connectivity index (χ2n) is 16.6. The summed E-state index contributed by atoms with van der Waals surface area (Å²) in [6.45, 7) is 28.2. The SMILES string of the molecule is CC1CC(CC2CC(C)CC(C(C)(C)CC(C)(C)C)C2O)C(O)C(C(C)(C)CC(C)(C)C)C1. The maximum absolute atomic E-state index is 11.7. The normalized spacial score (nSPS) is 37.3. The van der Waals surface area contributed by atoms with E-state index in [1.165, 1.54) is 0 Å². The molecule has 0 bridgehead atoms. The smallest absolute Gasteiger partial charge is 0.0601 e. The summed E-state index contributed by atoms with van der Waals surface area (Å²) in [5.41, 5.74) is 0.779. The van der Waals surface area contributed by atoms with E-state index in [9.17, 15) is 10.2 Å². The lowest BCUT2D eigenvalue weighted by molar-refractivity contribution is -0.0981. The molecule has 33 heavy (non-hydrogen) atoms. The molecule has 0 spiro atoms. The highest BCUT2D eigenvalue weighted by atomic mass is 16.3. The van der Waals surface area contributed by atoms with Crippen molar-refractivity contribution in [2.24, 2.45) is 57.2 Å². The van der Waals surface area contributed by atoms with Gasteiger partial charge in [-0.15, -0.1) is 0 Å². The molecule has 2 aliphatic carbocycles. The first-order valence-corrected chi connectivity index (χ1v) is 14.1. The summed E-state index contributed by atoms with van der Waals surface area (Å²) in [5.74, 6) is 2.61. The van der Waals surface area contributed by atoms with Crippen molar-refractivity contribution in [2.45, 2.75) is 140 Å². The van der Waals surface area contributed by atoms with E-state index in [2.05, 4.69) is 83.1 Å². The molecule has 0 aromatic carbocycles. The van der Waals surface area contributed by atoms with Crippen LogP contribution in [0.1, 0.15) is 128 Å². The van der Waals surface area contributed by atoms with Gasteiger partial charge in [-0.2, -0.15) is 0 Å². The van der Waals surface area contributed by atoms with E-state index in [1.807, 2.05) is 0 Å². The zero-order valence-electron chi connectivity index (χ0n) is 24.5.